The Bertz CT molecular complexity index is 1280. The molecule has 1 aromatic heterocycles. The van der Waals surface area contributed by atoms with E-state index in [1.165, 1.54) is 0 Å². The van der Waals surface area contributed by atoms with Gasteiger partial charge in [0, 0.05) is 10.8 Å². The zero-order valence-electron chi connectivity index (χ0n) is 18.0. The SMILES string of the molecule is COc1ccc(-n2c(SCC=Cc3ccccc3)nnc2-c2cc(Cl)ccc2OC)cc1Cl. The molecule has 0 spiro atoms. The Labute approximate surface area is 207 Å². The van der Waals surface area contributed by atoms with Gasteiger partial charge in [-0.3, -0.25) is 4.57 Å². The van der Waals surface area contributed by atoms with Gasteiger partial charge < -0.3 is 9.47 Å². The Morgan fingerprint density at radius 1 is 0.909 bits per heavy atom. The number of halogens is 2. The van der Waals surface area contributed by atoms with E-state index in [9.17, 15) is 0 Å². The Morgan fingerprint density at radius 3 is 2.39 bits per heavy atom. The molecule has 0 saturated heterocycles. The maximum Gasteiger partial charge on any atom is 0.196 e. The van der Waals surface area contributed by atoms with Crippen molar-refractivity contribution in [3.8, 4) is 28.6 Å². The quantitative estimate of drug-likeness (QED) is 0.243. The number of aromatic nitrogens is 3. The van der Waals surface area contributed by atoms with E-state index in [2.05, 4.69) is 34.5 Å². The highest BCUT2D eigenvalue weighted by atomic mass is 35.5. The average Bonchev–Trinajstić information content (AvgIpc) is 3.26. The molecule has 0 bridgehead atoms. The zero-order valence-corrected chi connectivity index (χ0v) is 20.4. The standard InChI is InChI=1S/C25H21Cl2N3O2S/c1-31-22-12-10-18(26)15-20(22)24-28-29-25(33-14-6-9-17-7-4-3-5-8-17)30(24)19-11-13-23(32-2)21(27)16-19/h3-13,15-16H,14H2,1-2H3. The summed E-state index contributed by atoms with van der Waals surface area (Å²) in [5.74, 6) is 2.55. The first-order chi connectivity index (χ1) is 16.1. The molecule has 0 fully saturated rings. The highest BCUT2D eigenvalue weighted by Crippen LogP contribution is 2.36. The largest absolute Gasteiger partial charge is 0.496 e. The van der Waals surface area contributed by atoms with Crippen LogP contribution in [0, 0.1) is 0 Å². The second-order valence-electron chi connectivity index (χ2n) is 6.93. The summed E-state index contributed by atoms with van der Waals surface area (Å²) in [5, 5.41) is 10.7. The van der Waals surface area contributed by atoms with Crippen LogP contribution in [0.25, 0.3) is 23.2 Å². The third-order valence-corrected chi connectivity index (χ3v) is 6.26. The monoisotopic (exact) mass is 497 g/mol. The Balaban J connectivity index is 1.74. The average molecular weight is 498 g/mol. The molecule has 1 heterocycles. The van der Waals surface area contributed by atoms with E-state index >= 15 is 0 Å². The number of methoxy groups -OCH3 is 2. The Hall–Kier alpha value is -2.93. The van der Waals surface area contributed by atoms with Gasteiger partial charge in [0.15, 0.2) is 11.0 Å². The lowest BCUT2D eigenvalue weighted by molar-refractivity contribution is 0.415. The fourth-order valence-electron chi connectivity index (χ4n) is 3.29. The third-order valence-electron chi connectivity index (χ3n) is 4.85. The first-order valence-corrected chi connectivity index (χ1v) is 11.8. The lowest BCUT2D eigenvalue weighted by Gasteiger charge is -2.14. The van der Waals surface area contributed by atoms with Gasteiger partial charge in [-0.15, -0.1) is 10.2 Å². The fourth-order valence-corrected chi connectivity index (χ4v) is 4.48. The van der Waals surface area contributed by atoms with Crippen LogP contribution in [0.5, 0.6) is 11.5 Å². The van der Waals surface area contributed by atoms with Gasteiger partial charge in [0.25, 0.3) is 0 Å². The van der Waals surface area contributed by atoms with Crippen LogP contribution in [0.2, 0.25) is 10.0 Å². The molecule has 3 aromatic carbocycles. The molecular weight excluding hydrogens is 477 g/mol. The number of ether oxygens (including phenoxy) is 2. The topological polar surface area (TPSA) is 49.2 Å². The second kappa shape index (κ2) is 10.8. The van der Waals surface area contributed by atoms with Crippen LogP contribution in [0.4, 0.5) is 0 Å². The molecule has 0 aliphatic heterocycles. The summed E-state index contributed by atoms with van der Waals surface area (Å²) in [6, 6.07) is 21.1. The first-order valence-electron chi connectivity index (χ1n) is 10.1. The second-order valence-corrected chi connectivity index (χ2v) is 8.76. The maximum absolute atomic E-state index is 6.43. The normalized spacial score (nSPS) is 11.2. The van der Waals surface area contributed by atoms with Gasteiger partial charge in [0.05, 0.1) is 30.5 Å². The number of rotatable bonds is 8. The molecule has 0 unspecified atom stereocenters. The smallest absolute Gasteiger partial charge is 0.196 e. The van der Waals surface area contributed by atoms with Gasteiger partial charge in [0.2, 0.25) is 0 Å². The molecule has 0 aliphatic carbocycles. The van der Waals surface area contributed by atoms with E-state index in [0.29, 0.717) is 38.3 Å². The van der Waals surface area contributed by atoms with Crippen LogP contribution >= 0.6 is 35.0 Å². The molecule has 168 valence electrons. The molecule has 0 aliphatic rings. The number of thioether (sulfide) groups is 1. The molecule has 5 nitrogen and oxygen atoms in total. The van der Waals surface area contributed by atoms with E-state index in [4.69, 9.17) is 32.7 Å². The van der Waals surface area contributed by atoms with Gasteiger partial charge in [-0.05, 0) is 42.0 Å². The molecule has 4 rings (SSSR count). The van der Waals surface area contributed by atoms with Crippen molar-refractivity contribution in [2.75, 3.05) is 20.0 Å². The summed E-state index contributed by atoms with van der Waals surface area (Å²) in [4.78, 5) is 0. The van der Waals surface area contributed by atoms with E-state index in [0.717, 1.165) is 16.8 Å². The van der Waals surface area contributed by atoms with Crippen molar-refractivity contribution in [3.63, 3.8) is 0 Å². The van der Waals surface area contributed by atoms with Gasteiger partial charge >= 0.3 is 0 Å². The van der Waals surface area contributed by atoms with E-state index in [1.807, 2.05) is 53.1 Å². The van der Waals surface area contributed by atoms with Crippen LogP contribution < -0.4 is 9.47 Å². The molecule has 33 heavy (non-hydrogen) atoms. The number of nitrogens with zero attached hydrogens (tertiary/aromatic N) is 3. The molecule has 4 aromatic rings. The minimum absolute atomic E-state index is 0.493. The van der Waals surface area contributed by atoms with Crippen molar-refractivity contribution in [2.24, 2.45) is 0 Å². The Kier molecular flexibility index (Phi) is 7.60. The first kappa shape index (κ1) is 23.2. The molecule has 0 saturated carbocycles. The maximum atomic E-state index is 6.43. The summed E-state index contributed by atoms with van der Waals surface area (Å²) >= 11 is 14.3. The van der Waals surface area contributed by atoms with Crippen molar-refractivity contribution in [2.45, 2.75) is 5.16 Å². The van der Waals surface area contributed by atoms with Gasteiger partial charge in [-0.25, -0.2) is 0 Å². The van der Waals surface area contributed by atoms with Crippen molar-refractivity contribution in [3.05, 3.63) is 88.4 Å². The summed E-state index contributed by atoms with van der Waals surface area (Å²) in [5.41, 5.74) is 2.68. The lowest BCUT2D eigenvalue weighted by atomic mass is 10.2. The summed E-state index contributed by atoms with van der Waals surface area (Å²) < 4.78 is 12.8. The van der Waals surface area contributed by atoms with E-state index < -0.39 is 0 Å². The highest BCUT2D eigenvalue weighted by Gasteiger charge is 2.20. The lowest BCUT2D eigenvalue weighted by Crippen LogP contribution is -2.01. The van der Waals surface area contributed by atoms with Gasteiger partial charge in [-0.1, -0.05) is 77.4 Å². The van der Waals surface area contributed by atoms with Crippen molar-refractivity contribution < 1.29 is 9.47 Å². The summed E-state index contributed by atoms with van der Waals surface area (Å²) in [6.45, 7) is 0. The zero-order chi connectivity index (χ0) is 23.2. The number of hydrogen-bond donors (Lipinski definition) is 0. The fraction of sp³-hybridized carbons (Fsp3) is 0.120. The molecule has 0 amide bonds. The van der Waals surface area contributed by atoms with Crippen LogP contribution in [-0.4, -0.2) is 34.7 Å². The van der Waals surface area contributed by atoms with Crippen LogP contribution in [0.1, 0.15) is 5.56 Å². The predicted molar refractivity (Wildman–Crippen MR) is 136 cm³/mol. The van der Waals surface area contributed by atoms with Crippen LogP contribution in [0.15, 0.2) is 78.0 Å². The van der Waals surface area contributed by atoms with Crippen LogP contribution in [-0.2, 0) is 0 Å². The van der Waals surface area contributed by atoms with E-state index in [1.54, 1.807) is 32.0 Å². The minimum Gasteiger partial charge on any atom is -0.496 e. The Morgan fingerprint density at radius 2 is 1.67 bits per heavy atom. The number of benzene rings is 3. The molecule has 0 atom stereocenters. The summed E-state index contributed by atoms with van der Waals surface area (Å²) in [7, 11) is 3.20. The van der Waals surface area contributed by atoms with Crippen molar-refractivity contribution >= 4 is 41.0 Å². The van der Waals surface area contributed by atoms with Crippen LogP contribution in [0.3, 0.4) is 0 Å². The highest BCUT2D eigenvalue weighted by molar-refractivity contribution is 7.99. The minimum atomic E-state index is 0.493. The number of hydrogen-bond acceptors (Lipinski definition) is 5. The molecule has 8 heteroatoms. The molecule has 0 N–H and O–H groups in total. The molecular formula is C25H21Cl2N3O2S. The van der Waals surface area contributed by atoms with Crippen molar-refractivity contribution in [1.29, 1.82) is 0 Å². The third kappa shape index (κ3) is 5.36. The van der Waals surface area contributed by atoms with E-state index in [-0.39, 0.29) is 0 Å². The summed E-state index contributed by atoms with van der Waals surface area (Å²) in [6.07, 6.45) is 4.18. The van der Waals surface area contributed by atoms with Crippen molar-refractivity contribution in [1.82, 2.24) is 14.8 Å². The molecule has 0 radical (unpaired) electrons. The van der Waals surface area contributed by atoms with Gasteiger partial charge in [-0.2, -0.15) is 0 Å². The van der Waals surface area contributed by atoms with Gasteiger partial charge in [0.1, 0.15) is 11.5 Å². The predicted octanol–water partition coefficient (Wildman–Crippen LogP) is 7.06.